The zero-order valence-electron chi connectivity index (χ0n) is 10.4. The molecule has 1 atom stereocenters. The molecule has 0 radical (unpaired) electrons. The minimum Gasteiger partial charge on any atom is -0.304 e. The van der Waals surface area contributed by atoms with Crippen molar-refractivity contribution in [1.29, 1.82) is 0 Å². The minimum atomic E-state index is -0.320. The van der Waals surface area contributed by atoms with E-state index in [1.54, 1.807) is 0 Å². The lowest BCUT2D eigenvalue weighted by Crippen LogP contribution is -2.42. The molecule has 5 nitrogen and oxygen atoms in total. The van der Waals surface area contributed by atoms with E-state index < -0.39 is 0 Å². The molecular formula is C12H21N3O2. The van der Waals surface area contributed by atoms with E-state index in [2.05, 4.69) is 22.6 Å². The van der Waals surface area contributed by atoms with Gasteiger partial charge in [-0.3, -0.25) is 14.9 Å². The second kappa shape index (κ2) is 5.60. The van der Waals surface area contributed by atoms with Gasteiger partial charge in [0, 0.05) is 19.1 Å². The predicted molar refractivity (Wildman–Crippen MR) is 64.4 cm³/mol. The van der Waals surface area contributed by atoms with Crippen molar-refractivity contribution in [3.8, 4) is 0 Å². The molecule has 0 aromatic carbocycles. The number of amides is 2. The van der Waals surface area contributed by atoms with Gasteiger partial charge in [0.2, 0.25) is 11.8 Å². The Morgan fingerprint density at radius 1 is 1.35 bits per heavy atom. The number of nitrogens with zero attached hydrogens (tertiary/aromatic N) is 1. The summed E-state index contributed by atoms with van der Waals surface area (Å²) in [6, 6.07) is 0.385. The summed E-state index contributed by atoms with van der Waals surface area (Å²) in [5.41, 5.74) is 0. The first kappa shape index (κ1) is 12.5. The molecule has 2 amide bonds. The smallest absolute Gasteiger partial charge is 0.244 e. The molecule has 0 aromatic heterocycles. The zero-order valence-corrected chi connectivity index (χ0v) is 10.4. The Hall–Kier alpha value is -0.940. The summed E-state index contributed by atoms with van der Waals surface area (Å²) >= 11 is 0. The lowest BCUT2D eigenvalue weighted by molar-refractivity contribution is -0.125. The molecule has 1 aliphatic carbocycles. The van der Waals surface area contributed by atoms with Crippen molar-refractivity contribution in [2.24, 2.45) is 0 Å². The maximum absolute atomic E-state index is 11.3. The van der Waals surface area contributed by atoms with Crippen LogP contribution in [0.4, 0.5) is 0 Å². The first-order valence-corrected chi connectivity index (χ1v) is 6.44. The zero-order chi connectivity index (χ0) is 12.3. The first-order chi connectivity index (χ1) is 8.16. The molecule has 96 valence electrons. The van der Waals surface area contributed by atoms with Crippen molar-refractivity contribution in [2.45, 2.75) is 44.2 Å². The predicted octanol–water partition coefficient (Wildman–Crippen LogP) is -0.134. The van der Waals surface area contributed by atoms with Crippen LogP contribution in [0.2, 0.25) is 0 Å². The molecule has 0 spiro atoms. The highest BCUT2D eigenvalue weighted by Crippen LogP contribution is 2.21. The summed E-state index contributed by atoms with van der Waals surface area (Å²) in [6.07, 6.45) is 5.54. The fourth-order valence-electron chi connectivity index (χ4n) is 2.66. The lowest BCUT2D eigenvalue weighted by Gasteiger charge is -2.24. The largest absolute Gasteiger partial charge is 0.304 e. The van der Waals surface area contributed by atoms with Gasteiger partial charge in [0.25, 0.3) is 0 Å². The van der Waals surface area contributed by atoms with Crippen LogP contribution in [-0.2, 0) is 9.59 Å². The highest BCUT2D eigenvalue weighted by molar-refractivity contribution is 6.05. The van der Waals surface area contributed by atoms with Crippen LogP contribution in [0.15, 0.2) is 0 Å². The maximum Gasteiger partial charge on any atom is 0.244 e. The van der Waals surface area contributed by atoms with Crippen LogP contribution in [0.1, 0.15) is 32.1 Å². The van der Waals surface area contributed by atoms with Gasteiger partial charge in [-0.25, -0.2) is 0 Å². The highest BCUT2D eigenvalue weighted by Gasteiger charge is 2.29. The van der Waals surface area contributed by atoms with E-state index in [4.69, 9.17) is 0 Å². The van der Waals surface area contributed by atoms with E-state index in [9.17, 15) is 9.59 Å². The molecule has 1 unspecified atom stereocenters. The van der Waals surface area contributed by atoms with E-state index in [1.165, 1.54) is 25.7 Å². The number of rotatable bonds is 5. The number of imide groups is 1. The van der Waals surface area contributed by atoms with Crippen molar-refractivity contribution in [2.75, 3.05) is 20.1 Å². The molecule has 1 saturated heterocycles. The Morgan fingerprint density at radius 2 is 2.06 bits per heavy atom. The molecule has 5 heteroatoms. The van der Waals surface area contributed by atoms with Crippen LogP contribution in [0, 0.1) is 0 Å². The Bertz CT molecular complexity index is 300. The van der Waals surface area contributed by atoms with Crippen LogP contribution < -0.4 is 10.6 Å². The van der Waals surface area contributed by atoms with E-state index >= 15 is 0 Å². The molecule has 0 bridgehead atoms. The van der Waals surface area contributed by atoms with E-state index in [-0.39, 0.29) is 24.3 Å². The number of carbonyl (C=O) groups is 2. The monoisotopic (exact) mass is 239 g/mol. The second-order valence-electron chi connectivity index (χ2n) is 5.04. The summed E-state index contributed by atoms with van der Waals surface area (Å²) < 4.78 is 0. The average molecular weight is 239 g/mol. The molecule has 2 aliphatic rings. The van der Waals surface area contributed by atoms with Crippen molar-refractivity contribution < 1.29 is 9.59 Å². The summed E-state index contributed by atoms with van der Waals surface area (Å²) in [7, 11) is 2.14. The van der Waals surface area contributed by atoms with Gasteiger partial charge >= 0.3 is 0 Å². The minimum absolute atomic E-state index is 0.170. The third kappa shape index (κ3) is 3.26. The van der Waals surface area contributed by atoms with Crippen molar-refractivity contribution in [1.82, 2.24) is 15.5 Å². The number of nitrogens with one attached hydrogen (secondary N) is 2. The fourth-order valence-corrected chi connectivity index (χ4v) is 2.66. The third-order valence-electron chi connectivity index (χ3n) is 3.77. The first-order valence-electron chi connectivity index (χ1n) is 6.44. The van der Waals surface area contributed by atoms with Crippen molar-refractivity contribution >= 4 is 11.8 Å². The maximum atomic E-state index is 11.3. The van der Waals surface area contributed by atoms with Crippen LogP contribution in [-0.4, -0.2) is 48.9 Å². The van der Waals surface area contributed by atoms with Gasteiger partial charge in [0.15, 0.2) is 0 Å². The van der Waals surface area contributed by atoms with Crippen molar-refractivity contribution in [3.05, 3.63) is 0 Å². The lowest BCUT2D eigenvalue weighted by atomic mass is 10.2. The Morgan fingerprint density at radius 3 is 2.65 bits per heavy atom. The molecule has 17 heavy (non-hydrogen) atoms. The Kier molecular flexibility index (Phi) is 4.12. The van der Waals surface area contributed by atoms with Crippen LogP contribution in [0.25, 0.3) is 0 Å². The van der Waals surface area contributed by atoms with Gasteiger partial charge in [-0.2, -0.15) is 0 Å². The van der Waals surface area contributed by atoms with Crippen LogP contribution >= 0.6 is 0 Å². The number of hydrogen-bond donors (Lipinski definition) is 2. The molecule has 2 rings (SSSR count). The summed E-state index contributed by atoms with van der Waals surface area (Å²) in [6.45, 7) is 1.70. The van der Waals surface area contributed by atoms with Gasteiger partial charge in [-0.05, 0) is 19.9 Å². The fraction of sp³-hybridized carbons (Fsp3) is 0.833. The number of likely N-dealkylation sites (N-methyl/N-ethyl adjacent to an activating group) is 1. The molecule has 1 heterocycles. The van der Waals surface area contributed by atoms with Gasteiger partial charge in [0.05, 0.1) is 12.5 Å². The van der Waals surface area contributed by atoms with Gasteiger partial charge in [-0.15, -0.1) is 0 Å². The molecule has 0 aromatic rings. The van der Waals surface area contributed by atoms with Crippen molar-refractivity contribution in [3.63, 3.8) is 0 Å². The Labute approximate surface area is 102 Å². The third-order valence-corrected chi connectivity index (χ3v) is 3.77. The normalized spacial score (nSPS) is 25.9. The SMILES string of the molecule is CN(CCNC1CC(=O)NC1=O)C1CCCC1. The summed E-state index contributed by atoms with van der Waals surface area (Å²) in [5, 5.41) is 5.45. The van der Waals surface area contributed by atoms with E-state index in [0.29, 0.717) is 6.04 Å². The number of carbonyl (C=O) groups excluding carboxylic acids is 2. The average Bonchev–Trinajstić information content (AvgIpc) is 2.89. The van der Waals surface area contributed by atoms with Crippen LogP contribution in [0.3, 0.4) is 0 Å². The van der Waals surface area contributed by atoms with Crippen LogP contribution in [0.5, 0.6) is 0 Å². The second-order valence-corrected chi connectivity index (χ2v) is 5.04. The Balaban J connectivity index is 1.65. The van der Waals surface area contributed by atoms with E-state index in [1.807, 2.05) is 0 Å². The molecular weight excluding hydrogens is 218 g/mol. The molecule has 1 saturated carbocycles. The summed E-state index contributed by atoms with van der Waals surface area (Å²) in [5.74, 6) is -0.352. The quantitative estimate of drug-likeness (QED) is 0.656. The topological polar surface area (TPSA) is 61.4 Å². The van der Waals surface area contributed by atoms with Gasteiger partial charge in [-0.1, -0.05) is 12.8 Å². The standard InChI is InChI=1S/C12H21N3O2/c1-15(9-4-2-3-5-9)7-6-13-10-8-11(16)14-12(10)17/h9-10,13H,2-8H2,1H3,(H,14,16,17). The molecule has 2 N–H and O–H groups in total. The van der Waals surface area contributed by atoms with Gasteiger partial charge in [0.1, 0.15) is 0 Å². The molecule has 1 aliphatic heterocycles. The summed E-state index contributed by atoms with van der Waals surface area (Å²) in [4.78, 5) is 24.7. The van der Waals surface area contributed by atoms with Gasteiger partial charge < -0.3 is 10.2 Å². The highest BCUT2D eigenvalue weighted by atomic mass is 16.2. The molecule has 2 fully saturated rings. The van der Waals surface area contributed by atoms with E-state index in [0.717, 1.165) is 13.1 Å². The number of hydrogen-bond acceptors (Lipinski definition) is 4.